The molecule has 1 aliphatic heterocycles. The summed E-state index contributed by atoms with van der Waals surface area (Å²) < 4.78 is 0. The Kier molecular flexibility index (Phi) is 4.35. The topological polar surface area (TPSA) is 92.7 Å². The van der Waals surface area contributed by atoms with Gasteiger partial charge in [0.1, 0.15) is 6.04 Å². The number of primary amides is 1. The number of nitrogens with zero attached hydrogens (tertiary/aromatic N) is 2. The van der Waals surface area contributed by atoms with E-state index in [9.17, 15) is 9.59 Å². The lowest BCUT2D eigenvalue weighted by Gasteiger charge is -2.36. The van der Waals surface area contributed by atoms with Gasteiger partial charge in [-0.3, -0.25) is 9.59 Å². The van der Waals surface area contributed by atoms with E-state index < -0.39 is 0 Å². The van der Waals surface area contributed by atoms with E-state index in [1.54, 1.807) is 32.3 Å². The summed E-state index contributed by atoms with van der Waals surface area (Å²) in [5.74, 6) is -0.430. The lowest BCUT2D eigenvalue weighted by atomic mass is 9.99. The van der Waals surface area contributed by atoms with Gasteiger partial charge in [0.15, 0.2) is 0 Å². The molecule has 6 nitrogen and oxygen atoms in total. The van der Waals surface area contributed by atoms with E-state index in [1.165, 1.54) is 4.90 Å². The molecule has 1 aromatic carbocycles. The van der Waals surface area contributed by atoms with Gasteiger partial charge in [-0.2, -0.15) is 0 Å². The van der Waals surface area contributed by atoms with Gasteiger partial charge in [0.25, 0.3) is 5.91 Å². The standard InChI is InChI=1S/C15H22N4O2/c1-18(2)15(21)10-6-7-12(11(16)9-10)19-8-4-3-5-13(19)14(17)20/h6-7,9,13H,3-5,8,16H2,1-2H3,(H2,17,20). The summed E-state index contributed by atoms with van der Waals surface area (Å²) in [4.78, 5) is 27.0. The van der Waals surface area contributed by atoms with Crippen LogP contribution in [-0.2, 0) is 4.79 Å². The van der Waals surface area contributed by atoms with Crippen LogP contribution in [0.3, 0.4) is 0 Å². The van der Waals surface area contributed by atoms with Crippen LogP contribution in [0.1, 0.15) is 29.6 Å². The van der Waals surface area contributed by atoms with Gasteiger partial charge in [-0.15, -0.1) is 0 Å². The summed E-state index contributed by atoms with van der Waals surface area (Å²) in [6.07, 6.45) is 2.73. The summed E-state index contributed by atoms with van der Waals surface area (Å²) in [5, 5.41) is 0. The number of rotatable bonds is 3. The van der Waals surface area contributed by atoms with Crippen LogP contribution in [0.4, 0.5) is 11.4 Å². The number of piperidine rings is 1. The number of nitrogen functional groups attached to an aromatic ring is 1. The predicted octanol–water partition coefficient (Wildman–Crippen LogP) is 0.815. The van der Waals surface area contributed by atoms with Crippen LogP contribution >= 0.6 is 0 Å². The predicted molar refractivity (Wildman–Crippen MR) is 83.1 cm³/mol. The molecule has 0 saturated carbocycles. The number of nitrogens with two attached hydrogens (primary N) is 2. The Morgan fingerprint density at radius 1 is 1.29 bits per heavy atom. The third-order valence-corrected chi connectivity index (χ3v) is 3.82. The molecular weight excluding hydrogens is 268 g/mol. The van der Waals surface area contributed by atoms with Gasteiger partial charge in [0, 0.05) is 26.2 Å². The first-order chi connectivity index (χ1) is 9.91. The van der Waals surface area contributed by atoms with E-state index >= 15 is 0 Å². The number of anilines is 2. The highest BCUT2D eigenvalue weighted by Gasteiger charge is 2.28. The zero-order valence-electron chi connectivity index (χ0n) is 12.5. The van der Waals surface area contributed by atoms with Crippen molar-refractivity contribution in [3.63, 3.8) is 0 Å². The maximum absolute atomic E-state index is 11.9. The van der Waals surface area contributed by atoms with E-state index in [0.717, 1.165) is 31.5 Å². The minimum Gasteiger partial charge on any atom is -0.397 e. The number of benzene rings is 1. The van der Waals surface area contributed by atoms with Crippen LogP contribution in [-0.4, -0.2) is 43.4 Å². The second kappa shape index (κ2) is 6.03. The highest BCUT2D eigenvalue weighted by molar-refractivity contribution is 5.96. The molecule has 1 saturated heterocycles. The van der Waals surface area contributed by atoms with Crippen molar-refractivity contribution < 1.29 is 9.59 Å². The fourth-order valence-corrected chi connectivity index (χ4v) is 2.72. The second-order valence-electron chi connectivity index (χ2n) is 5.58. The quantitative estimate of drug-likeness (QED) is 0.806. The second-order valence-corrected chi connectivity index (χ2v) is 5.58. The third kappa shape index (κ3) is 3.09. The van der Waals surface area contributed by atoms with Gasteiger partial charge in [0.05, 0.1) is 11.4 Å². The van der Waals surface area contributed by atoms with E-state index in [4.69, 9.17) is 11.5 Å². The normalized spacial score (nSPS) is 18.4. The smallest absolute Gasteiger partial charge is 0.253 e. The molecule has 1 heterocycles. The molecule has 0 aliphatic carbocycles. The third-order valence-electron chi connectivity index (χ3n) is 3.82. The van der Waals surface area contributed by atoms with Crippen molar-refractivity contribution in [3.8, 4) is 0 Å². The fraction of sp³-hybridized carbons (Fsp3) is 0.467. The van der Waals surface area contributed by atoms with E-state index in [0.29, 0.717) is 11.3 Å². The SMILES string of the molecule is CN(C)C(=O)c1ccc(N2CCCCC2C(N)=O)c(N)c1. The van der Waals surface area contributed by atoms with Gasteiger partial charge >= 0.3 is 0 Å². The maximum Gasteiger partial charge on any atom is 0.253 e. The van der Waals surface area contributed by atoms with Crippen LogP contribution in [0.5, 0.6) is 0 Å². The van der Waals surface area contributed by atoms with Gasteiger partial charge in [-0.05, 0) is 37.5 Å². The van der Waals surface area contributed by atoms with Crippen molar-refractivity contribution in [2.24, 2.45) is 5.73 Å². The molecule has 1 unspecified atom stereocenters. The average molecular weight is 290 g/mol. The number of hydrogen-bond donors (Lipinski definition) is 2. The van der Waals surface area contributed by atoms with Crippen LogP contribution in [0.2, 0.25) is 0 Å². The minimum absolute atomic E-state index is 0.0988. The number of carbonyl (C=O) groups excluding carboxylic acids is 2. The summed E-state index contributed by atoms with van der Waals surface area (Å²) >= 11 is 0. The Labute approximate surface area is 124 Å². The molecule has 1 aliphatic rings. The van der Waals surface area contributed by atoms with E-state index in [1.807, 2.05) is 4.90 Å². The minimum atomic E-state index is -0.331. The Hall–Kier alpha value is -2.24. The summed E-state index contributed by atoms with van der Waals surface area (Å²) in [5.41, 5.74) is 13.4. The zero-order valence-corrected chi connectivity index (χ0v) is 12.5. The summed E-state index contributed by atoms with van der Waals surface area (Å²) in [7, 11) is 3.39. The van der Waals surface area contributed by atoms with E-state index in [-0.39, 0.29) is 17.9 Å². The van der Waals surface area contributed by atoms with Crippen molar-refractivity contribution >= 4 is 23.2 Å². The fourth-order valence-electron chi connectivity index (χ4n) is 2.72. The molecule has 4 N–H and O–H groups in total. The van der Waals surface area contributed by atoms with Gasteiger partial charge in [-0.1, -0.05) is 0 Å². The zero-order chi connectivity index (χ0) is 15.6. The molecule has 2 rings (SSSR count). The summed E-state index contributed by atoms with van der Waals surface area (Å²) in [6.45, 7) is 0.749. The molecule has 0 aromatic heterocycles. The van der Waals surface area contributed by atoms with E-state index in [2.05, 4.69) is 0 Å². The molecule has 0 radical (unpaired) electrons. The van der Waals surface area contributed by atoms with Crippen molar-refractivity contribution in [1.82, 2.24) is 4.90 Å². The largest absolute Gasteiger partial charge is 0.397 e. The van der Waals surface area contributed by atoms with Crippen molar-refractivity contribution in [3.05, 3.63) is 23.8 Å². The van der Waals surface area contributed by atoms with Crippen molar-refractivity contribution in [1.29, 1.82) is 0 Å². The number of carbonyl (C=O) groups is 2. The maximum atomic E-state index is 11.9. The molecule has 1 atom stereocenters. The number of hydrogen-bond acceptors (Lipinski definition) is 4. The Balaban J connectivity index is 2.31. The van der Waals surface area contributed by atoms with Crippen molar-refractivity contribution in [2.75, 3.05) is 31.3 Å². The Bertz CT molecular complexity index is 557. The molecule has 114 valence electrons. The lowest BCUT2D eigenvalue weighted by molar-refractivity contribution is -0.119. The van der Waals surface area contributed by atoms with Gasteiger partial charge < -0.3 is 21.3 Å². The highest BCUT2D eigenvalue weighted by Crippen LogP contribution is 2.30. The average Bonchev–Trinajstić information content (AvgIpc) is 2.46. The molecule has 6 heteroatoms. The molecule has 21 heavy (non-hydrogen) atoms. The van der Waals surface area contributed by atoms with Crippen LogP contribution in [0, 0.1) is 0 Å². The first kappa shape index (κ1) is 15.2. The van der Waals surface area contributed by atoms with Crippen LogP contribution in [0.15, 0.2) is 18.2 Å². The van der Waals surface area contributed by atoms with Gasteiger partial charge in [-0.25, -0.2) is 0 Å². The Morgan fingerprint density at radius 2 is 2.00 bits per heavy atom. The molecule has 1 aromatic rings. The molecule has 0 spiro atoms. The van der Waals surface area contributed by atoms with Crippen LogP contribution < -0.4 is 16.4 Å². The summed E-state index contributed by atoms with van der Waals surface area (Å²) in [6, 6.07) is 4.87. The Morgan fingerprint density at radius 3 is 2.57 bits per heavy atom. The monoisotopic (exact) mass is 290 g/mol. The highest BCUT2D eigenvalue weighted by atomic mass is 16.2. The molecular formula is C15H22N4O2. The van der Waals surface area contributed by atoms with Gasteiger partial charge in [0.2, 0.25) is 5.91 Å². The molecule has 1 fully saturated rings. The van der Waals surface area contributed by atoms with Crippen LogP contribution in [0.25, 0.3) is 0 Å². The lowest BCUT2D eigenvalue weighted by Crippen LogP contribution is -2.48. The molecule has 0 bridgehead atoms. The first-order valence-corrected chi connectivity index (χ1v) is 7.09. The molecule has 2 amide bonds. The van der Waals surface area contributed by atoms with Crippen molar-refractivity contribution in [2.45, 2.75) is 25.3 Å². The first-order valence-electron chi connectivity index (χ1n) is 7.09. The number of amides is 2.